The molecule has 0 aliphatic rings. The lowest BCUT2D eigenvalue weighted by Crippen LogP contribution is -2.48. The fourth-order valence-corrected chi connectivity index (χ4v) is 5.23. The Balaban J connectivity index is 1.62. The number of carbonyl (C=O) groups excluding carboxylic acids is 1. The minimum absolute atomic E-state index is 0.0192. The normalized spacial score (nSPS) is 11.8. The van der Waals surface area contributed by atoms with Gasteiger partial charge < -0.3 is 13.6 Å². The highest BCUT2D eigenvalue weighted by Gasteiger charge is 2.19. The Morgan fingerprint density at radius 3 is 2.08 bits per heavy atom. The number of rotatable bonds is 20. The molecule has 0 aliphatic heterocycles. The van der Waals surface area contributed by atoms with Crippen molar-refractivity contribution in [3.63, 3.8) is 0 Å². The SMILES string of the molecule is CCCCCCc1coc2cc(OC(=O)CCCCCCCCCC[N+](CC)(CC)CC)ccc2c1=O. The first-order chi connectivity index (χ1) is 18.0. The molecule has 1 aromatic carbocycles. The molecule has 1 heterocycles. The number of ether oxygens (including phenoxy) is 1. The van der Waals surface area contributed by atoms with E-state index in [2.05, 4.69) is 27.7 Å². The van der Waals surface area contributed by atoms with Gasteiger partial charge in [-0.2, -0.15) is 0 Å². The van der Waals surface area contributed by atoms with Crippen LogP contribution in [0.2, 0.25) is 0 Å². The molecule has 0 saturated carbocycles. The highest BCUT2D eigenvalue weighted by molar-refractivity contribution is 5.80. The largest absolute Gasteiger partial charge is 0.464 e. The molecule has 37 heavy (non-hydrogen) atoms. The third kappa shape index (κ3) is 10.6. The predicted molar refractivity (Wildman–Crippen MR) is 154 cm³/mol. The maximum Gasteiger partial charge on any atom is 0.311 e. The third-order valence-electron chi connectivity index (χ3n) is 8.12. The van der Waals surface area contributed by atoms with Gasteiger partial charge in [0.05, 0.1) is 37.8 Å². The molecule has 208 valence electrons. The molecule has 2 rings (SSSR count). The number of nitrogens with zero attached hydrogens (tertiary/aromatic N) is 1. The van der Waals surface area contributed by atoms with Crippen LogP contribution in [0.4, 0.5) is 0 Å². The Labute approximate surface area is 225 Å². The van der Waals surface area contributed by atoms with E-state index in [-0.39, 0.29) is 11.4 Å². The van der Waals surface area contributed by atoms with Crippen LogP contribution in [0.3, 0.4) is 0 Å². The molecular weight excluding hydrogens is 462 g/mol. The van der Waals surface area contributed by atoms with Crippen molar-refractivity contribution in [3.05, 3.63) is 40.2 Å². The van der Waals surface area contributed by atoms with E-state index in [0.29, 0.717) is 23.1 Å². The number of fused-ring (bicyclic) bond motifs is 1. The first-order valence-electron chi connectivity index (χ1n) is 15.1. The first kappa shape index (κ1) is 31.1. The van der Waals surface area contributed by atoms with E-state index in [1.165, 1.54) is 82.0 Å². The number of hydrogen-bond acceptors (Lipinski definition) is 4. The van der Waals surface area contributed by atoms with Gasteiger partial charge in [-0.05, 0) is 65.0 Å². The van der Waals surface area contributed by atoms with E-state index < -0.39 is 0 Å². The average Bonchev–Trinajstić information content (AvgIpc) is 2.91. The smallest absolute Gasteiger partial charge is 0.311 e. The molecule has 0 spiro atoms. The zero-order valence-corrected chi connectivity index (χ0v) is 24.1. The van der Waals surface area contributed by atoms with E-state index in [1.54, 1.807) is 24.5 Å². The van der Waals surface area contributed by atoms with Crippen molar-refractivity contribution in [3.8, 4) is 5.75 Å². The van der Waals surface area contributed by atoms with Crippen LogP contribution >= 0.6 is 0 Å². The number of aryl methyl sites for hydroxylation is 1. The summed E-state index contributed by atoms with van der Waals surface area (Å²) in [4.78, 5) is 25.0. The Hall–Kier alpha value is -2.14. The van der Waals surface area contributed by atoms with E-state index in [9.17, 15) is 9.59 Å². The summed E-state index contributed by atoms with van der Waals surface area (Å²) >= 11 is 0. The second-order valence-corrected chi connectivity index (χ2v) is 10.6. The molecule has 0 unspecified atom stereocenters. The summed E-state index contributed by atoms with van der Waals surface area (Å²) in [5.74, 6) is 0.215. The molecule has 5 heteroatoms. The number of hydrogen-bond donors (Lipinski definition) is 0. The second kappa shape index (κ2) is 17.4. The summed E-state index contributed by atoms with van der Waals surface area (Å²) in [7, 11) is 0. The van der Waals surface area contributed by atoms with Crippen LogP contribution in [0.15, 0.2) is 33.7 Å². The standard InChI is InChI=1S/C32H52NO4/c1-5-9-10-17-20-27-26-36-30-25-28(22-23-29(30)32(27)35)37-31(34)21-18-15-13-11-12-14-16-19-24-33(6-2,7-3)8-4/h22-23,25-26H,5-21,24H2,1-4H3/q+1. The van der Waals surface area contributed by atoms with Crippen molar-refractivity contribution in [2.45, 2.75) is 118 Å². The molecule has 0 atom stereocenters. The van der Waals surface area contributed by atoms with Gasteiger partial charge in [0.2, 0.25) is 0 Å². The number of benzene rings is 1. The first-order valence-corrected chi connectivity index (χ1v) is 15.1. The molecule has 1 aromatic heterocycles. The fraction of sp³-hybridized carbons (Fsp3) is 0.688. The van der Waals surface area contributed by atoms with Gasteiger partial charge in [-0.3, -0.25) is 9.59 Å². The van der Waals surface area contributed by atoms with Gasteiger partial charge in [-0.15, -0.1) is 0 Å². The molecule has 0 bridgehead atoms. The van der Waals surface area contributed by atoms with E-state index in [1.807, 2.05) is 0 Å². The Bertz CT molecular complexity index is 968. The minimum atomic E-state index is -0.223. The third-order valence-corrected chi connectivity index (χ3v) is 8.12. The quantitative estimate of drug-likeness (QED) is 0.0773. The van der Waals surface area contributed by atoms with Crippen molar-refractivity contribution < 1.29 is 18.4 Å². The Morgan fingerprint density at radius 2 is 1.43 bits per heavy atom. The highest BCUT2D eigenvalue weighted by Crippen LogP contribution is 2.21. The lowest BCUT2D eigenvalue weighted by atomic mass is 10.1. The predicted octanol–water partition coefficient (Wildman–Crippen LogP) is 8.21. The van der Waals surface area contributed by atoms with Gasteiger partial charge in [-0.1, -0.05) is 58.3 Å². The maximum absolute atomic E-state index is 12.7. The van der Waals surface area contributed by atoms with Crippen molar-refractivity contribution in [2.75, 3.05) is 26.2 Å². The zero-order chi connectivity index (χ0) is 26.9. The maximum atomic E-state index is 12.7. The van der Waals surface area contributed by atoms with Gasteiger partial charge in [0.25, 0.3) is 0 Å². The number of carbonyl (C=O) groups is 1. The number of quaternary nitrogens is 1. The molecule has 0 radical (unpaired) electrons. The van der Waals surface area contributed by atoms with Crippen molar-refractivity contribution in [2.24, 2.45) is 0 Å². The van der Waals surface area contributed by atoms with E-state index in [4.69, 9.17) is 9.15 Å². The summed E-state index contributed by atoms with van der Waals surface area (Å²) in [5.41, 5.74) is 1.21. The number of unbranched alkanes of at least 4 members (excludes halogenated alkanes) is 10. The van der Waals surface area contributed by atoms with Gasteiger partial charge in [0.15, 0.2) is 5.43 Å². The lowest BCUT2D eigenvalue weighted by Gasteiger charge is -2.35. The lowest BCUT2D eigenvalue weighted by molar-refractivity contribution is -0.923. The summed E-state index contributed by atoms with van der Waals surface area (Å²) < 4.78 is 12.5. The van der Waals surface area contributed by atoms with Crippen LogP contribution in [0.5, 0.6) is 5.75 Å². The average molecular weight is 515 g/mol. The topological polar surface area (TPSA) is 56.5 Å². The van der Waals surface area contributed by atoms with Crippen LogP contribution < -0.4 is 10.2 Å². The Kier molecular flexibility index (Phi) is 14.6. The van der Waals surface area contributed by atoms with Crippen LogP contribution in [-0.2, 0) is 11.2 Å². The molecule has 0 N–H and O–H groups in total. The molecule has 2 aromatic rings. The van der Waals surface area contributed by atoms with Crippen LogP contribution in [0, 0.1) is 0 Å². The highest BCUT2D eigenvalue weighted by atomic mass is 16.5. The van der Waals surface area contributed by atoms with Crippen LogP contribution in [0.25, 0.3) is 11.0 Å². The molecule has 0 fully saturated rings. The van der Waals surface area contributed by atoms with E-state index >= 15 is 0 Å². The Morgan fingerprint density at radius 1 is 0.811 bits per heavy atom. The summed E-state index contributed by atoms with van der Waals surface area (Å²) in [6.45, 7) is 14.2. The molecular formula is C32H52NO4+. The van der Waals surface area contributed by atoms with Gasteiger partial charge in [0, 0.05) is 18.1 Å². The number of esters is 1. The summed E-state index contributed by atoms with van der Waals surface area (Å²) in [5, 5.41) is 0.548. The van der Waals surface area contributed by atoms with Crippen molar-refractivity contribution in [1.82, 2.24) is 0 Å². The monoisotopic (exact) mass is 514 g/mol. The fourth-order valence-electron chi connectivity index (χ4n) is 5.23. The zero-order valence-electron chi connectivity index (χ0n) is 24.1. The molecule has 0 amide bonds. The molecule has 5 nitrogen and oxygen atoms in total. The van der Waals surface area contributed by atoms with Crippen LogP contribution in [0.1, 0.15) is 117 Å². The van der Waals surface area contributed by atoms with Gasteiger partial charge in [0.1, 0.15) is 11.3 Å². The molecule has 0 aliphatic carbocycles. The van der Waals surface area contributed by atoms with Crippen molar-refractivity contribution in [1.29, 1.82) is 0 Å². The summed E-state index contributed by atoms with van der Waals surface area (Å²) in [6, 6.07) is 5.06. The van der Waals surface area contributed by atoms with E-state index in [0.717, 1.165) is 37.7 Å². The summed E-state index contributed by atoms with van der Waals surface area (Å²) in [6.07, 6.45) is 16.8. The second-order valence-electron chi connectivity index (χ2n) is 10.6. The van der Waals surface area contributed by atoms with Gasteiger partial charge in [-0.25, -0.2) is 0 Å². The molecule has 0 saturated heterocycles. The minimum Gasteiger partial charge on any atom is -0.464 e. The van der Waals surface area contributed by atoms with Gasteiger partial charge >= 0.3 is 5.97 Å². The van der Waals surface area contributed by atoms with Crippen molar-refractivity contribution >= 4 is 16.9 Å². The van der Waals surface area contributed by atoms with Crippen LogP contribution in [-0.4, -0.2) is 36.6 Å².